The standard InChI is InChI=1S/C21H22N2OS/c1-2-4-15(5-3-1)14-24-19-7-6-17-16-8-10-22-11-9-18(16)23-12-13-25-21(19)20(17)23/h1-7,22H,8-14H2. The summed E-state index contributed by atoms with van der Waals surface area (Å²) in [4.78, 5) is 1.33. The molecule has 0 unspecified atom stereocenters. The Balaban J connectivity index is 1.57. The molecule has 5 rings (SSSR count). The smallest absolute Gasteiger partial charge is 0.135 e. The Morgan fingerprint density at radius 1 is 1.04 bits per heavy atom. The number of rotatable bonds is 3. The third kappa shape index (κ3) is 2.64. The summed E-state index contributed by atoms with van der Waals surface area (Å²) in [6, 6.07) is 14.9. The van der Waals surface area contributed by atoms with Crippen molar-refractivity contribution in [2.24, 2.45) is 0 Å². The van der Waals surface area contributed by atoms with Crippen LogP contribution in [0.5, 0.6) is 5.75 Å². The van der Waals surface area contributed by atoms with Gasteiger partial charge in [-0.05, 0) is 36.2 Å². The highest BCUT2D eigenvalue weighted by molar-refractivity contribution is 7.99. The summed E-state index contributed by atoms with van der Waals surface area (Å²) in [5.74, 6) is 2.16. The van der Waals surface area contributed by atoms with Crippen molar-refractivity contribution >= 4 is 22.7 Å². The molecule has 0 saturated heterocycles. The predicted octanol–water partition coefficient (Wildman–Crippen LogP) is 4.01. The topological polar surface area (TPSA) is 26.2 Å². The number of ether oxygens (including phenoxy) is 1. The SMILES string of the molecule is c1ccc(COc2ccc3c4c(n5c3c2SCC5)CCNCC4)cc1. The maximum atomic E-state index is 6.22. The van der Waals surface area contributed by atoms with Crippen LogP contribution in [0.3, 0.4) is 0 Å². The zero-order valence-corrected chi connectivity index (χ0v) is 15.1. The zero-order chi connectivity index (χ0) is 16.6. The second-order valence-electron chi connectivity index (χ2n) is 6.74. The predicted molar refractivity (Wildman–Crippen MR) is 104 cm³/mol. The summed E-state index contributed by atoms with van der Waals surface area (Å²) in [5, 5.41) is 4.97. The first kappa shape index (κ1) is 15.4. The molecule has 3 aromatic rings. The summed E-state index contributed by atoms with van der Waals surface area (Å²) in [6.07, 6.45) is 2.27. The first-order chi connectivity index (χ1) is 12.4. The van der Waals surface area contributed by atoms with Crippen LogP contribution in [-0.4, -0.2) is 23.4 Å². The summed E-state index contributed by atoms with van der Waals surface area (Å²) in [5.41, 5.74) is 5.72. The van der Waals surface area contributed by atoms with Crippen LogP contribution in [0.25, 0.3) is 10.9 Å². The average molecular weight is 350 g/mol. The van der Waals surface area contributed by atoms with Gasteiger partial charge in [0.2, 0.25) is 0 Å². The molecule has 1 N–H and O–H groups in total. The molecule has 0 amide bonds. The van der Waals surface area contributed by atoms with Gasteiger partial charge < -0.3 is 14.6 Å². The van der Waals surface area contributed by atoms with Crippen molar-refractivity contribution in [3.05, 3.63) is 59.3 Å². The van der Waals surface area contributed by atoms with Crippen molar-refractivity contribution in [1.82, 2.24) is 9.88 Å². The van der Waals surface area contributed by atoms with Gasteiger partial charge in [0, 0.05) is 36.3 Å². The fourth-order valence-corrected chi connectivity index (χ4v) is 5.21. The van der Waals surface area contributed by atoms with Gasteiger partial charge in [-0.1, -0.05) is 30.3 Å². The molecule has 0 aliphatic carbocycles. The average Bonchev–Trinajstić information content (AvgIpc) is 2.82. The fraction of sp³-hybridized carbons (Fsp3) is 0.333. The molecule has 2 aliphatic heterocycles. The Kier molecular flexibility index (Phi) is 3.95. The van der Waals surface area contributed by atoms with Crippen LogP contribution in [0.2, 0.25) is 0 Å². The van der Waals surface area contributed by atoms with Crippen LogP contribution in [0.4, 0.5) is 0 Å². The highest BCUT2D eigenvalue weighted by atomic mass is 32.2. The normalized spacial score (nSPS) is 16.5. The third-order valence-corrected chi connectivity index (χ3v) is 6.32. The molecule has 3 heterocycles. The lowest BCUT2D eigenvalue weighted by atomic mass is 10.1. The second kappa shape index (κ2) is 6.43. The maximum absolute atomic E-state index is 6.22. The van der Waals surface area contributed by atoms with Gasteiger partial charge in [-0.15, -0.1) is 11.8 Å². The van der Waals surface area contributed by atoms with Gasteiger partial charge in [0.25, 0.3) is 0 Å². The van der Waals surface area contributed by atoms with E-state index in [0.717, 1.165) is 44.0 Å². The molecule has 0 fully saturated rings. The molecule has 128 valence electrons. The van der Waals surface area contributed by atoms with Crippen LogP contribution in [0.15, 0.2) is 47.4 Å². The van der Waals surface area contributed by atoms with Crippen molar-refractivity contribution < 1.29 is 4.74 Å². The highest BCUT2D eigenvalue weighted by Gasteiger charge is 2.25. The monoisotopic (exact) mass is 350 g/mol. The molecular formula is C21H22N2OS. The Morgan fingerprint density at radius 2 is 1.92 bits per heavy atom. The van der Waals surface area contributed by atoms with Gasteiger partial charge in [0.1, 0.15) is 12.4 Å². The minimum absolute atomic E-state index is 0.629. The van der Waals surface area contributed by atoms with Gasteiger partial charge in [0.15, 0.2) is 0 Å². The Labute approximate surface area is 152 Å². The summed E-state index contributed by atoms with van der Waals surface area (Å²) in [6.45, 7) is 3.92. The number of hydrogen-bond donors (Lipinski definition) is 1. The van der Waals surface area contributed by atoms with E-state index in [2.05, 4.69) is 46.3 Å². The largest absolute Gasteiger partial charge is 0.488 e. The van der Waals surface area contributed by atoms with Gasteiger partial charge in [0.05, 0.1) is 10.4 Å². The highest BCUT2D eigenvalue weighted by Crippen LogP contribution is 2.43. The fourth-order valence-electron chi connectivity index (χ4n) is 4.10. The molecule has 1 aromatic heterocycles. The molecule has 0 saturated carbocycles. The number of nitrogens with one attached hydrogen (secondary N) is 1. The Bertz CT molecular complexity index is 917. The minimum atomic E-state index is 0.629. The van der Waals surface area contributed by atoms with Crippen molar-refractivity contribution in [2.75, 3.05) is 18.8 Å². The summed E-state index contributed by atoms with van der Waals surface area (Å²) in [7, 11) is 0. The van der Waals surface area contributed by atoms with E-state index >= 15 is 0 Å². The van der Waals surface area contributed by atoms with Gasteiger partial charge in [-0.2, -0.15) is 0 Å². The van der Waals surface area contributed by atoms with E-state index in [1.54, 1.807) is 11.3 Å². The molecule has 4 heteroatoms. The quantitative estimate of drug-likeness (QED) is 0.773. The lowest BCUT2D eigenvalue weighted by molar-refractivity contribution is 0.299. The van der Waals surface area contributed by atoms with Crippen molar-refractivity contribution in [3.8, 4) is 5.75 Å². The van der Waals surface area contributed by atoms with Crippen LogP contribution in [0, 0.1) is 0 Å². The Hall–Kier alpha value is -1.91. The molecule has 0 bridgehead atoms. The van der Waals surface area contributed by atoms with E-state index in [-0.39, 0.29) is 0 Å². The zero-order valence-electron chi connectivity index (χ0n) is 14.3. The molecular weight excluding hydrogens is 328 g/mol. The van der Waals surface area contributed by atoms with E-state index in [1.165, 1.54) is 21.4 Å². The third-order valence-electron chi connectivity index (χ3n) is 5.25. The lowest BCUT2D eigenvalue weighted by Gasteiger charge is -2.20. The number of benzene rings is 2. The minimum Gasteiger partial charge on any atom is -0.488 e. The van der Waals surface area contributed by atoms with E-state index in [1.807, 2.05) is 17.8 Å². The van der Waals surface area contributed by atoms with Crippen LogP contribution in [-0.2, 0) is 26.0 Å². The number of hydrogen-bond acceptors (Lipinski definition) is 3. The molecule has 0 radical (unpaired) electrons. The van der Waals surface area contributed by atoms with Gasteiger partial charge in [-0.3, -0.25) is 0 Å². The summed E-state index contributed by atoms with van der Waals surface area (Å²) < 4.78 is 8.79. The molecule has 2 aromatic carbocycles. The van der Waals surface area contributed by atoms with Crippen LogP contribution < -0.4 is 10.1 Å². The molecule has 0 spiro atoms. The molecule has 0 atom stereocenters. The van der Waals surface area contributed by atoms with E-state index in [0.29, 0.717) is 6.61 Å². The van der Waals surface area contributed by atoms with Crippen LogP contribution >= 0.6 is 11.8 Å². The number of fused-ring (bicyclic) bond motifs is 3. The number of aromatic nitrogens is 1. The number of thioether (sulfide) groups is 1. The van der Waals surface area contributed by atoms with E-state index < -0.39 is 0 Å². The molecule has 3 nitrogen and oxygen atoms in total. The lowest BCUT2D eigenvalue weighted by Crippen LogP contribution is -2.18. The number of nitrogens with zero attached hydrogens (tertiary/aromatic N) is 1. The molecule has 25 heavy (non-hydrogen) atoms. The maximum Gasteiger partial charge on any atom is 0.135 e. The Morgan fingerprint density at radius 3 is 2.84 bits per heavy atom. The van der Waals surface area contributed by atoms with Gasteiger partial charge in [-0.25, -0.2) is 0 Å². The molecule has 2 aliphatic rings. The van der Waals surface area contributed by atoms with Crippen molar-refractivity contribution in [1.29, 1.82) is 0 Å². The van der Waals surface area contributed by atoms with E-state index in [9.17, 15) is 0 Å². The second-order valence-corrected chi connectivity index (χ2v) is 7.84. The van der Waals surface area contributed by atoms with Crippen molar-refractivity contribution in [2.45, 2.75) is 30.9 Å². The summed E-state index contributed by atoms with van der Waals surface area (Å²) >= 11 is 1.95. The number of aryl methyl sites for hydroxylation is 1. The van der Waals surface area contributed by atoms with E-state index in [4.69, 9.17) is 4.74 Å². The van der Waals surface area contributed by atoms with Crippen molar-refractivity contribution in [3.63, 3.8) is 0 Å². The van der Waals surface area contributed by atoms with Crippen LogP contribution in [0.1, 0.15) is 16.8 Å². The van der Waals surface area contributed by atoms with Gasteiger partial charge >= 0.3 is 0 Å². The first-order valence-electron chi connectivity index (χ1n) is 9.09. The first-order valence-corrected chi connectivity index (χ1v) is 10.1.